The van der Waals surface area contributed by atoms with Crippen LogP contribution in [0.5, 0.6) is 11.5 Å². The molecule has 1 aliphatic rings. The Morgan fingerprint density at radius 2 is 1.59 bits per heavy atom. The normalized spacial score (nSPS) is 19.1. The average Bonchev–Trinajstić information content (AvgIpc) is 2.74. The fourth-order valence-electron chi connectivity index (χ4n) is 5.34. The summed E-state index contributed by atoms with van der Waals surface area (Å²) in [6, 6.07) is 0. The van der Waals surface area contributed by atoms with E-state index in [4.69, 9.17) is 9.47 Å². The topological polar surface area (TPSA) is 35.5 Å². The van der Waals surface area contributed by atoms with Crippen LogP contribution in [0.25, 0.3) is 0 Å². The maximum atomic E-state index is 11.6. The number of esters is 1. The molecule has 0 saturated heterocycles. The molecule has 0 amide bonds. The third-order valence-corrected chi connectivity index (χ3v) is 7.82. The molecule has 0 spiro atoms. The second-order valence-corrected chi connectivity index (χ2v) is 11.5. The van der Waals surface area contributed by atoms with Gasteiger partial charge in [-0.3, -0.25) is 4.79 Å². The molecule has 1 aromatic rings. The van der Waals surface area contributed by atoms with Gasteiger partial charge in [0.1, 0.15) is 17.1 Å². The van der Waals surface area contributed by atoms with E-state index in [2.05, 4.69) is 54.5 Å². The molecule has 3 atom stereocenters. The summed E-state index contributed by atoms with van der Waals surface area (Å²) in [5.74, 6) is 3.08. The number of rotatable bonds is 12. The number of hydrogen-bond acceptors (Lipinski definition) is 3. The van der Waals surface area contributed by atoms with Crippen molar-refractivity contribution in [1.29, 1.82) is 0 Å². The lowest BCUT2D eigenvalue weighted by atomic mass is 9.83. The van der Waals surface area contributed by atoms with Crippen LogP contribution in [0.4, 0.5) is 0 Å². The quantitative estimate of drug-likeness (QED) is 0.174. The molecule has 0 fully saturated rings. The fourth-order valence-corrected chi connectivity index (χ4v) is 5.34. The minimum atomic E-state index is -0.264. The number of carbonyl (C=O) groups excluding carboxylic acids is 1. The van der Waals surface area contributed by atoms with Crippen LogP contribution < -0.4 is 9.47 Å². The van der Waals surface area contributed by atoms with Crippen LogP contribution in [0.15, 0.2) is 11.6 Å². The van der Waals surface area contributed by atoms with Crippen molar-refractivity contribution in [2.24, 2.45) is 11.8 Å². The second kappa shape index (κ2) is 12.8. The van der Waals surface area contributed by atoms with Crippen molar-refractivity contribution in [3.05, 3.63) is 33.9 Å². The van der Waals surface area contributed by atoms with Crippen molar-refractivity contribution in [1.82, 2.24) is 0 Å². The molecule has 2 rings (SSSR count). The van der Waals surface area contributed by atoms with Crippen molar-refractivity contribution in [2.75, 3.05) is 0 Å². The Hall–Kier alpha value is -1.77. The first-order valence-corrected chi connectivity index (χ1v) is 13.6. The molecule has 3 nitrogen and oxygen atoms in total. The van der Waals surface area contributed by atoms with Crippen LogP contribution >= 0.6 is 0 Å². The van der Waals surface area contributed by atoms with Crippen LogP contribution in [-0.4, -0.2) is 11.6 Å². The summed E-state index contributed by atoms with van der Waals surface area (Å²) < 4.78 is 12.2. The molecule has 34 heavy (non-hydrogen) atoms. The first-order chi connectivity index (χ1) is 15.9. The molecule has 3 heteroatoms. The molecule has 0 N–H and O–H groups in total. The number of hydrogen-bond donors (Lipinski definition) is 0. The van der Waals surface area contributed by atoms with Crippen molar-refractivity contribution in [3.63, 3.8) is 0 Å². The lowest BCUT2D eigenvalue weighted by Crippen LogP contribution is -2.37. The second-order valence-electron chi connectivity index (χ2n) is 11.5. The molecular weight excluding hydrogens is 420 g/mol. The Balaban J connectivity index is 1.84. The first kappa shape index (κ1) is 28.5. The SMILES string of the molecule is CC(=O)Oc1c(C)c(C)c2c(c1C)CCC(C)(CCCC(C)CCCC(C)CCC=C(C)C)O2. The standard InChI is InChI=1S/C31H50O3/c1-21(2)13-10-14-22(3)15-11-16-23(4)17-12-19-31(9)20-18-28-26(7)29(33-27(8)32)24(5)25(6)30(28)34-31/h13,22-23H,10-12,14-20H2,1-9H3. The third-order valence-electron chi connectivity index (χ3n) is 7.82. The van der Waals surface area contributed by atoms with Gasteiger partial charge >= 0.3 is 5.97 Å². The molecular formula is C31H50O3. The highest BCUT2D eigenvalue weighted by Gasteiger charge is 2.34. The molecule has 1 heterocycles. The maximum absolute atomic E-state index is 11.6. The smallest absolute Gasteiger partial charge is 0.308 e. The largest absolute Gasteiger partial charge is 0.487 e. The summed E-state index contributed by atoms with van der Waals surface area (Å²) in [5.41, 5.74) is 5.71. The van der Waals surface area contributed by atoms with Gasteiger partial charge < -0.3 is 9.47 Å². The van der Waals surface area contributed by atoms with Gasteiger partial charge in [0.15, 0.2) is 0 Å². The predicted molar refractivity (Wildman–Crippen MR) is 144 cm³/mol. The van der Waals surface area contributed by atoms with Gasteiger partial charge in [-0.05, 0) is 109 Å². The molecule has 1 aromatic carbocycles. The van der Waals surface area contributed by atoms with Crippen molar-refractivity contribution in [2.45, 2.75) is 132 Å². The zero-order valence-electron chi connectivity index (χ0n) is 23.5. The summed E-state index contributed by atoms with van der Waals surface area (Å²) in [7, 11) is 0. The van der Waals surface area contributed by atoms with Crippen LogP contribution in [-0.2, 0) is 11.2 Å². The van der Waals surface area contributed by atoms with Crippen LogP contribution in [0, 0.1) is 32.6 Å². The number of fused-ring (bicyclic) bond motifs is 1. The van der Waals surface area contributed by atoms with E-state index >= 15 is 0 Å². The van der Waals surface area contributed by atoms with Crippen LogP contribution in [0.1, 0.15) is 122 Å². The van der Waals surface area contributed by atoms with Gasteiger partial charge in [-0.25, -0.2) is 0 Å². The monoisotopic (exact) mass is 470 g/mol. The van der Waals surface area contributed by atoms with E-state index in [1.807, 2.05) is 6.92 Å². The number of ether oxygens (including phenoxy) is 2. The van der Waals surface area contributed by atoms with Gasteiger partial charge in [0.2, 0.25) is 0 Å². The highest BCUT2D eigenvalue weighted by Crippen LogP contribution is 2.45. The summed E-state index contributed by atoms with van der Waals surface area (Å²) in [5, 5.41) is 0. The Morgan fingerprint density at radius 3 is 2.21 bits per heavy atom. The Kier molecular flexibility index (Phi) is 10.7. The van der Waals surface area contributed by atoms with Gasteiger partial charge in [-0.2, -0.15) is 0 Å². The van der Waals surface area contributed by atoms with Crippen LogP contribution in [0.3, 0.4) is 0 Å². The van der Waals surface area contributed by atoms with Gasteiger partial charge in [-0.15, -0.1) is 0 Å². The van der Waals surface area contributed by atoms with Crippen LogP contribution in [0.2, 0.25) is 0 Å². The van der Waals surface area contributed by atoms with Gasteiger partial charge in [0.05, 0.1) is 0 Å². The minimum absolute atomic E-state index is 0.112. The first-order valence-electron chi connectivity index (χ1n) is 13.6. The number of benzene rings is 1. The van der Waals surface area contributed by atoms with E-state index in [1.165, 1.54) is 63.0 Å². The highest BCUT2D eigenvalue weighted by molar-refractivity contribution is 5.72. The van der Waals surface area contributed by atoms with E-state index in [0.29, 0.717) is 0 Å². The molecule has 0 radical (unpaired) electrons. The lowest BCUT2D eigenvalue weighted by molar-refractivity contribution is -0.132. The van der Waals surface area contributed by atoms with Gasteiger partial charge in [-0.1, -0.05) is 51.2 Å². The Labute approximate surface area is 209 Å². The molecule has 1 aliphatic heterocycles. The summed E-state index contributed by atoms with van der Waals surface area (Å²) in [6.07, 6.45) is 14.5. The Bertz CT molecular complexity index is 862. The van der Waals surface area contributed by atoms with Gasteiger partial charge in [0, 0.05) is 12.5 Å². The van der Waals surface area contributed by atoms with Crippen molar-refractivity contribution in [3.8, 4) is 11.5 Å². The lowest BCUT2D eigenvalue weighted by Gasteiger charge is -2.38. The van der Waals surface area contributed by atoms with Gasteiger partial charge in [0.25, 0.3) is 0 Å². The van der Waals surface area contributed by atoms with E-state index in [1.54, 1.807) is 0 Å². The Morgan fingerprint density at radius 1 is 0.971 bits per heavy atom. The summed E-state index contributed by atoms with van der Waals surface area (Å²) in [6.45, 7) is 19.1. The van der Waals surface area contributed by atoms with E-state index in [9.17, 15) is 4.79 Å². The molecule has 192 valence electrons. The predicted octanol–water partition coefficient (Wildman–Crippen LogP) is 8.98. The van der Waals surface area contributed by atoms with Crippen molar-refractivity contribution >= 4 is 5.97 Å². The number of carbonyl (C=O) groups is 1. The average molecular weight is 471 g/mol. The van der Waals surface area contributed by atoms with E-state index in [-0.39, 0.29) is 11.6 Å². The summed E-state index contributed by atoms with van der Waals surface area (Å²) in [4.78, 5) is 11.6. The maximum Gasteiger partial charge on any atom is 0.308 e. The highest BCUT2D eigenvalue weighted by atomic mass is 16.5. The third kappa shape index (κ3) is 8.17. The zero-order valence-corrected chi connectivity index (χ0v) is 23.5. The number of allylic oxidation sites excluding steroid dienone is 2. The van der Waals surface area contributed by atoms with Crippen molar-refractivity contribution < 1.29 is 14.3 Å². The molecule has 0 saturated carbocycles. The minimum Gasteiger partial charge on any atom is -0.487 e. The van der Waals surface area contributed by atoms with E-state index in [0.717, 1.165) is 59.3 Å². The molecule has 0 aliphatic carbocycles. The summed E-state index contributed by atoms with van der Waals surface area (Å²) >= 11 is 0. The molecule has 0 aromatic heterocycles. The fraction of sp³-hybridized carbons (Fsp3) is 0.710. The zero-order chi connectivity index (χ0) is 25.5. The molecule has 0 bridgehead atoms. The molecule has 3 unspecified atom stereocenters. The van der Waals surface area contributed by atoms with E-state index < -0.39 is 0 Å².